The molecule has 1 rings (SSSR count). The molecule has 0 aromatic heterocycles. The van der Waals surface area contributed by atoms with Crippen LogP contribution in [0.5, 0.6) is 0 Å². The molecule has 96 valence electrons. The standard InChI is InChI=1S/C13H28N2O/c1-11(2)9-15-7-8-16-13(10-15)5-6-14-12(3)4/h11-14H,5-10H2,1-4H3/t13-/m1/s1. The summed E-state index contributed by atoms with van der Waals surface area (Å²) in [6.45, 7) is 14.3. The van der Waals surface area contributed by atoms with Crippen molar-refractivity contribution in [2.75, 3.05) is 32.8 Å². The van der Waals surface area contributed by atoms with E-state index in [9.17, 15) is 0 Å². The predicted molar refractivity (Wildman–Crippen MR) is 68.8 cm³/mol. The number of hydrogen-bond donors (Lipinski definition) is 1. The number of nitrogens with zero attached hydrogens (tertiary/aromatic N) is 1. The highest BCUT2D eigenvalue weighted by atomic mass is 16.5. The third kappa shape index (κ3) is 5.83. The number of nitrogens with one attached hydrogen (secondary N) is 1. The lowest BCUT2D eigenvalue weighted by atomic mass is 10.1. The fourth-order valence-corrected chi connectivity index (χ4v) is 2.17. The second-order valence-corrected chi connectivity index (χ2v) is 5.54. The van der Waals surface area contributed by atoms with Crippen LogP contribution in [0, 0.1) is 5.92 Å². The SMILES string of the molecule is CC(C)CN1CCO[C@H](CCNC(C)C)C1. The molecule has 0 unspecified atom stereocenters. The Labute approximate surface area is 101 Å². The summed E-state index contributed by atoms with van der Waals surface area (Å²) in [5.41, 5.74) is 0. The van der Waals surface area contributed by atoms with E-state index in [1.807, 2.05) is 0 Å². The quantitative estimate of drug-likeness (QED) is 0.749. The minimum absolute atomic E-state index is 0.429. The molecule has 1 fully saturated rings. The Balaban J connectivity index is 2.17. The van der Waals surface area contributed by atoms with Gasteiger partial charge in [0.15, 0.2) is 0 Å². The van der Waals surface area contributed by atoms with Gasteiger partial charge in [0.05, 0.1) is 12.7 Å². The summed E-state index contributed by atoms with van der Waals surface area (Å²) in [6.07, 6.45) is 1.56. The molecule has 0 aromatic carbocycles. The van der Waals surface area contributed by atoms with E-state index in [-0.39, 0.29) is 0 Å². The van der Waals surface area contributed by atoms with Gasteiger partial charge in [-0.25, -0.2) is 0 Å². The summed E-state index contributed by atoms with van der Waals surface area (Å²) in [7, 11) is 0. The zero-order valence-electron chi connectivity index (χ0n) is 11.3. The van der Waals surface area contributed by atoms with Gasteiger partial charge in [-0.15, -0.1) is 0 Å². The van der Waals surface area contributed by atoms with E-state index in [2.05, 4.69) is 37.9 Å². The molecule has 0 aromatic rings. The van der Waals surface area contributed by atoms with Gasteiger partial charge in [0, 0.05) is 25.7 Å². The largest absolute Gasteiger partial charge is 0.376 e. The molecule has 0 saturated carbocycles. The highest BCUT2D eigenvalue weighted by molar-refractivity contribution is 4.73. The molecule has 1 aliphatic heterocycles. The lowest BCUT2D eigenvalue weighted by molar-refractivity contribution is -0.0348. The first-order chi connectivity index (χ1) is 7.58. The van der Waals surface area contributed by atoms with E-state index in [0.717, 1.165) is 38.6 Å². The lowest BCUT2D eigenvalue weighted by Gasteiger charge is -2.34. The highest BCUT2D eigenvalue weighted by Crippen LogP contribution is 2.10. The van der Waals surface area contributed by atoms with E-state index >= 15 is 0 Å². The summed E-state index contributed by atoms with van der Waals surface area (Å²) >= 11 is 0. The van der Waals surface area contributed by atoms with E-state index < -0.39 is 0 Å². The van der Waals surface area contributed by atoms with Gasteiger partial charge in [0.25, 0.3) is 0 Å². The number of hydrogen-bond acceptors (Lipinski definition) is 3. The van der Waals surface area contributed by atoms with Crippen LogP contribution in [0.1, 0.15) is 34.1 Å². The molecule has 0 amide bonds. The fraction of sp³-hybridized carbons (Fsp3) is 1.00. The average Bonchev–Trinajstić information content (AvgIpc) is 2.16. The van der Waals surface area contributed by atoms with E-state index in [4.69, 9.17) is 4.74 Å². The van der Waals surface area contributed by atoms with Gasteiger partial charge in [0.1, 0.15) is 0 Å². The van der Waals surface area contributed by atoms with Gasteiger partial charge < -0.3 is 10.1 Å². The van der Waals surface area contributed by atoms with Crippen molar-refractivity contribution in [1.29, 1.82) is 0 Å². The highest BCUT2D eigenvalue weighted by Gasteiger charge is 2.20. The maximum absolute atomic E-state index is 5.79. The Morgan fingerprint density at radius 1 is 1.31 bits per heavy atom. The zero-order valence-corrected chi connectivity index (χ0v) is 11.3. The zero-order chi connectivity index (χ0) is 12.0. The summed E-state index contributed by atoms with van der Waals surface area (Å²) in [6, 6.07) is 0.579. The smallest absolute Gasteiger partial charge is 0.0714 e. The normalized spacial score (nSPS) is 23.2. The topological polar surface area (TPSA) is 24.5 Å². The van der Waals surface area contributed by atoms with Crippen molar-refractivity contribution >= 4 is 0 Å². The summed E-state index contributed by atoms with van der Waals surface area (Å²) in [5.74, 6) is 0.757. The van der Waals surface area contributed by atoms with Gasteiger partial charge in [-0.3, -0.25) is 4.90 Å². The van der Waals surface area contributed by atoms with Crippen LogP contribution in [-0.2, 0) is 4.74 Å². The first-order valence-electron chi connectivity index (χ1n) is 6.65. The molecule has 0 aliphatic carbocycles. The van der Waals surface area contributed by atoms with Gasteiger partial charge >= 0.3 is 0 Å². The summed E-state index contributed by atoms with van der Waals surface area (Å²) in [4.78, 5) is 2.54. The first-order valence-corrected chi connectivity index (χ1v) is 6.65. The van der Waals surface area contributed by atoms with Gasteiger partial charge in [-0.1, -0.05) is 27.7 Å². The fourth-order valence-electron chi connectivity index (χ4n) is 2.17. The Bertz CT molecular complexity index is 183. The first kappa shape index (κ1) is 13.9. The molecule has 1 N–H and O–H groups in total. The van der Waals surface area contributed by atoms with E-state index in [0.29, 0.717) is 12.1 Å². The van der Waals surface area contributed by atoms with Crippen molar-refractivity contribution < 1.29 is 4.74 Å². The van der Waals surface area contributed by atoms with Gasteiger partial charge in [-0.05, 0) is 18.9 Å². The van der Waals surface area contributed by atoms with Crippen LogP contribution in [0.15, 0.2) is 0 Å². The van der Waals surface area contributed by atoms with E-state index in [1.165, 1.54) is 6.54 Å². The summed E-state index contributed by atoms with van der Waals surface area (Å²) in [5, 5.41) is 3.45. The molecule has 1 saturated heterocycles. The number of ether oxygens (including phenoxy) is 1. The van der Waals surface area contributed by atoms with Crippen molar-refractivity contribution in [2.45, 2.75) is 46.3 Å². The Morgan fingerprint density at radius 2 is 2.06 bits per heavy atom. The van der Waals surface area contributed by atoms with Crippen LogP contribution in [0.25, 0.3) is 0 Å². The van der Waals surface area contributed by atoms with Crippen LogP contribution in [-0.4, -0.2) is 49.8 Å². The number of rotatable bonds is 6. The molecule has 3 nitrogen and oxygen atoms in total. The maximum Gasteiger partial charge on any atom is 0.0714 e. The molecule has 1 heterocycles. The molecule has 1 atom stereocenters. The Kier molecular flexibility index (Phi) is 6.32. The monoisotopic (exact) mass is 228 g/mol. The minimum Gasteiger partial charge on any atom is -0.376 e. The van der Waals surface area contributed by atoms with E-state index in [1.54, 1.807) is 0 Å². The van der Waals surface area contributed by atoms with Crippen LogP contribution in [0.3, 0.4) is 0 Å². The Morgan fingerprint density at radius 3 is 2.69 bits per heavy atom. The second-order valence-electron chi connectivity index (χ2n) is 5.54. The second kappa shape index (κ2) is 7.25. The van der Waals surface area contributed by atoms with Crippen molar-refractivity contribution in [1.82, 2.24) is 10.2 Å². The van der Waals surface area contributed by atoms with Gasteiger partial charge in [-0.2, -0.15) is 0 Å². The third-order valence-corrected chi connectivity index (χ3v) is 2.87. The molecule has 0 bridgehead atoms. The molecular weight excluding hydrogens is 200 g/mol. The van der Waals surface area contributed by atoms with Crippen LogP contribution >= 0.6 is 0 Å². The van der Waals surface area contributed by atoms with Crippen LogP contribution in [0.2, 0.25) is 0 Å². The molecule has 16 heavy (non-hydrogen) atoms. The van der Waals surface area contributed by atoms with Crippen LogP contribution < -0.4 is 5.32 Å². The van der Waals surface area contributed by atoms with Crippen molar-refractivity contribution in [3.63, 3.8) is 0 Å². The van der Waals surface area contributed by atoms with Crippen LogP contribution in [0.4, 0.5) is 0 Å². The number of morpholine rings is 1. The molecular formula is C13H28N2O. The maximum atomic E-state index is 5.79. The van der Waals surface area contributed by atoms with Crippen molar-refractivity contribution in [3.05, 3.63) is 0 Å². The van der Waals surface area contributed by atoms with Gasteiger partial charge in [0.2, 0.25) is 0 Å². The molecule has 0 spiro atoms. The average molecular weight is 228 g/mol. The predicted octanol–water partition coefficient (Wildman–Crippen LogP) is 1.73. The molecule has 3 heteroatoms. The minimum atomic E-state index is 0.429. The lowest BCUT2D eigenvalue weighted by Crippen LogP contribution is -2.45. The third-order valence-electron chi connectivity index (χ3n) is 2.87. The van der Waals surface area contributed by atoms with Crippen molar-refractivity contribution in [2.24, 2.45) is 5.92 Å². The Hall–Kier alpha value is -0.120. The van der Waals surface area contributed by atoms with Crippen molar-refractivity contribution in [3.8, 4) is 0 Å². The molecule has 0 radical (unpaired) electrons. The molecule has 1 aliphatic rings. The summed E-state index contributed by atoms with van der Waals surface area (Å²) < 4.78 is 5.79.